The van der Waals surface area contributed by atoms with Crippen LogP contribution in [0.2, 0.25) is 0 Å². The molecule has 0 fully saturated rings. The highest BCUT2D eigenvalue weighted by Gasteiger charge is 2.11. The number of hydrogen-bond donors (Lipinski definition) is 1. The van der Waals surface area contributed by atoms with Crippen molar-refractivity contribution in [2.45, 2.75) is 13.1 Å². The van der Waals surface area contributed by atoms with Crippen LogP contribution in [-0.4, -0.2) is 32.2 Å². The highest BCUT2D eigenvalue weighted by Crippen LogP contribution is 2.16. The van der Waals surface area contributed by atoms with Gasteiger partial charge in [-0.05, 0) is 12.1 Å². The molecule has 0 aliphatic carbocycles. The first-order chi connectivity index (χ1) is 13.2. The number of hydrogen-bond acceptors (Lipinski definition) is 5. The van der Waals surface area contributed by atoms with E-state index in [0.29, 0.717) is 28.8 Å². The molecule has 0 saturated heterocycles. The molecule has 0 unspecified atom stereocenters. The number of para-hydroxylation sites is 1. The summed E-state index contributed by atoms with van der Waals surface area (Å²) in [5.41, 5.74) is 1.89. The molecule has 1 amide bonds. The molecule has 1 aromatic carbocycles. The lowest BCUT2D eigenvalue weighted by Crippen LogP contribution is -2.32. The third-order valence-corrected chi connectivity index (χ3v) is 4.34. The summed E-state index contributed by atoms with van der Waals surface area (Å²) < 4.78 is 8.23. The molecule has 0 aliphatic rings. The molecule has 4 aromatic rings. The minimum Gasteiger partial charge on any atom is -0.496 e. The highest BCUT2D eigenvalue weighted by atomic mass is 16.5. The predicted octanol–water partition coefficient (Wildman–Crippen LogP) is 1.37. The summed E-state index contributed by atoms with van der Waals surface area (Å²) in [6, 6.07) is 11.0. The number of aromatic nitrogens is 4. The summed E-state index contributed by atoms with van der Waals surface area (Å²) in [5.74, 6) is 0.436. The molecule has 0 saturated carbocycles. The second-order valence-corrected chi connectivity index (χ2v) is 6.00. The zero-order valence-electron chi connectivity index (χ0n) is 14.6. The topological polar surface area (TPSA) is 90.5 Å². The Labute approximate surface area is 154 Å². The van der Waals surface area contributed by atoms with E-state index in [1.165, 1.54) is 10.8 Å². The van der Waals surface area contributed by atoms with Gasteiger partial charge in [-0.1, -0.05) is 18.2 Å². The van der Waals surface area contributed by atoms with E-state index in [0.717, 1.165) is 5.56 Å². The van der Waals surface area contributed by atoms with Crippen LogP contribution in [0.4, 0.5) is 0 Å². The molecule has 0 radical (unpaired) electrons. The Kier molecular flexibility index (Phi) is 4.29. The lowest BCUT2D eigenvalue weighted by molar-refractivity contribution is -0.121. The average molecular weight is 363 g/mol. The number of benzene rings is 1. The van der Waals surface area contributed by atoms with Crippen molar-refractivity contribution >= 4 is 22.5 Å². The van der Waals surface area contributed by atoms with Gasteiger partial charge in [0.1, 0.15) is 12.3 Å². The largest absolute Gasteiger partial charge is 0.496 e. The number of pyridine rings is 1. The van der Waals surface area contributed by atoms with Crippen LogP contribution in [0.5, 0.6) is 5.75 Å². The molecule has 1 N–H and O–H groups in total. The summed E-state index contributed by atoms with van der Waals surface area (Å²) in [7, 11) is 1.58. The summed E-state index contributed by atoms with van der Waals surface area (Å²) in [6.07, 6.45) is 4.73. The van der Waals surface area contributed by atoms with E-state index in [9.17, 15) is 9.59 Å². The Bertz CT molecular complexity index is 1190. The average Bonchev–Trinajstić information content (AvgIpc) is 3.18. The molecule has 136 valence electrons. The van der Waals surface area contributed by atoms with Gasteiger partial charge in [0.25, 0.3) is 5.56 Å². The molecular formula is C19H17N5O3. The number of amides is 1. The van der Waals surface area contributed by atoms with Gasteiger partial charge in [-0.25, -0.2) is 9.50 Å². The summed E-state index contributed by atoms with van der Waals surface area (Å²) in [6.45, 7) is 0.238. The summed E-state index contributed by atoms with van der Waals surface area (Å²) in [5, 5.41) is 7.39. The minimum absolute atomic E-state index is 0.0823. The van der Waals surface area contributed by atoms with Crippen LogP contribution in [-0.2, 0) is 17.9 Å². The molecule has 8 heteroatoms. The second-order valence-electron chi connectivity index (χ2n) is 6.00. The lowest BCUT2D eigenvalue weighted by atomic mass is 10.2. The van der Waals surface area contributed by atoms with Crippen molar-refractivity contribution in [3.05, 3.63) is 70.9 Å². The quantitative estimate of drug-likeness (QED) is 0.578. The van der Waals surface area contributed by atoms with E-state index in [4.69, 9.17) is 4.74 Å². The van der Waals surface area contributed by atoms with E-state index in [2.05, 4.69) is 15.4 Å². The van der Waals surface area contributed by atoms with Gasteiger partial charge in [0.15, 0.2) is 5.65 Å². The van der Waals surface area contributed by atoms with E-state index in [1.54, 1.807) is 36.2 Å². The van der Waals surface area contributed by atoms with Gasteiger partial charge in [-0.3, -0.25) is 9.59 Å². The molecular weight excluding hydrogens is 346 g/mol. The summed E-state index contributed by atoms with van der Waals surface area (Å²) in [4.78, 5) is 29.2. The van der Waals surface area contributed by atoms with Crippen LogP contribution in [0.1, 0.15) is 5.56 Å². The van der Waals surface area contributed by atoms with Crippen LogP contribution in [0.25, 0.3) is 16.6 Å². The van der Waals surface area contributed by atoms with Gasteiger partial charge < -0.3 is 14.6 Å². The maximum atomic E-state index is 12.7. The van der Waals surface area contributed by atoms with Crippen molar-refractivity contribution in [1.29, 1.82) is 0 Å². The third kappa shape index (κ3) is 3.12. The monoisotopic (exact) mass is 363 g/mol. The van der Waals surface area contributed by atoms with Gasteiger partial charge in [0.05, 0.1) is 24.2 Å². The van der Waals surface area contributed by atoms with Crippen molar-refractivity contribution in [3.8, 4) is 5.75 Å². The summed E-state index contributed by atoms with van der Waals surface area (Å²) >= 11 is 0. The SMILES string of the molecule is COc1ccccc1CNC(=O)Cn1ccc2c(cnc3ccnn32)c1=O. The standard InChI is InChI=1S/C19H17N5O3/c1-27-16-5-3-2-4-13(16)10-21-18(25)12-23-9-7-15-14(19(23)26)11-20-17-6-8-22-24(15)17/h2-9,11H,10,12H2,1H3,(H,21,25). The zero-order chi connectivity index (χ0) is 18.8. The number of ether oxygens (including phenoxy) is 1. The molecule has 0 atom stereocenters. The number of nitrogens with one attached hydrogen (secondary N) is 1. The number of carbonyl (C=O) groups is 1. The van der Waals surface area contributed by atoms with Crippen LogP contribution in [0.15, 0.2) is 59.8 Å². The Balaban J connectivity index is 1.54. The Morgan fingerprint density at radius 1 is 1.22 bits per heavy atom. The first-order valence-corrected chi connectivity index (χ1v) is 8.38. The van der Waals surface area contributed by atoms with Crippen molar-refractivity contribution in [2.75, 3.05) is 7.11 Å². The van der Waals surface area contributed by atoms with Crippen LogP contribution in [0, 0.1) is 0 Å². The zero-order valence-corrected chi connectivity index (χ0v) is 14.6. The van der Waals surface area contributed by atoms with Crippen LogP contribution < -0.4 is 15.6 Å². The maximum absolute atomic E-state index is 12.7. The fourth-order valence-electron chi connectivity index (χ4n) is 2.98. The second kappa shape index (κ2) is 6.91. The van der Waals surface area contributed by atoms with E-state index >= 15 is 0 Å². The fraction of sp³-hybridized carbons (Fsp3) is 0.158. The van der Waals surface area contributed by atoms with Gasteiger partial charge >= 0.3 is 0 Å². The molecule has 8 nitrogen and oxygen atoms in total. The van der Waals surface area contributed by atoms with Crippen molar-refractivity contribution in [2.24, 2.45) is 0 Å². The molecule has 4 rings (SSSR count). The number of methoxy groups -OCH3 is 1. The Morgan fingerprint density at radius 2 is 2.07 bits per heavy atom. The number of fused-ring (bicyclic) bond motifs is 3. The van der Waals surface area contributed by atoms with Gasteiger partial charge in [-0.2, -0.15) is 5.10 Å². The normalized spacial score (nSPS) is 11.0. The number of rotatable bonds is 5. The highest BCUT2D eigenvalue weighted by molar-refractivity contribution is 5.80. The number of carbonyl (C=O) groups excluding carboxylic acids is 1. The van der Waals surface area contributed by atoms with Gasteiger partial charge in [0.2, 0.25) is 5.91 Å². The maximum Gasteiger partial charge on any atom is 0.262 e. The lowest BCUT2D eigenvalue weighted by Gasteiger charge is -2.11. The van der Waals surface area contributed by atoms with Gasteiger partial charge in [0, 0.05) is 30.6 Å². The Hall–Kier alpha value is -3.68. The number of nitrogens with zero attached hydrogens (tertiary/aromatic N) is 4. The van der Waals surface area contributed by atoms with Crippen molar-refractivity contribution in [1.82, 2.24) is 24.5 Å². The van der Waals surface area contributed by atoms with Crippen LogP contribution >= 0.6 is 0 Å². The molecule has 0 spiro atoms. The first kappa shape index (κ1) is 16.8. The minimum atomic E-state index is -0.287. The molecule has 0 aliphatic heterocycles. The molecule has 27 heavy (non-hydrogen) atoms. The van der Waals surface area contributed by atoms with Crippen LogP contribution in [0.3, 0.4) is 0 Å². The van der Waals surface area contributed by atoms with E-state index in [1.807, 2.05) is 24.3 Å². The molecule has 3 aromatic heterocycles. The van der Waals surface area contributed by atoms with Crippen molar-refractivity contribution in [3.63, 3.8) is 0 Å². The van der Waals surface area contributed by atoms with Gasteiger partial charge in [-0.15, -0.1) is 0 Å². The van der Waals surface area contributed by atoms with E-state index < -0.39 is 0 Å². The van der Waals surface area contributed by atoms with Crippen molar-refractivity contribution < 1.29 is 9.53 Å². The fourth-order valence-corrected chi connectivity index (χ4v) is 2.98. The first-order valence-electron chi connectivity index (χ1n) is 8.38. The Morgan fingerprint density at radius 3 is 2.93 bits per heavy atom. The molecule has 0 bridgehead atoms. The molecule has 3 heterocycles. The smallest absolute Gasteiger partial charge is 0.262 e. The predicted molar refractivity (Wildman–Crippen MR) is 99.6 cm³/mol. The third-order valence-electron chi connectivity index (χ3n) is 4.34. The van der Waals surface area contributed by atoms with E-state index in [-0.39, 0.29) is 18.0 Å².